The molecular weight excluding hydrogens is 122 g/mol. The molecule has 0 aliphatic carbocycles. The van der Waals surface area contributed by atoms with Gasteiger partial charge in [-0.15, -0.1) is 0 Å². The Kier molecular flexibility index (Phi) is 4.00. The number of hydrogen-bond donors (Lipinski definition) is 1. The Morgan fingerprint density at radius 3 is 2.67 bits per heavy atom. The maximum Gasteiger partial charge on any atom is 0.0558 e. The SMILES string of the molecule is CN(CCO)CC(=O)[O-]. The van der Waals surface area contributed by atoms with Crippen molar-refractivity contribution in [2.24, 2.45) is 0 Å². The van der Waals surface area contributed by atoms with Crippen LogP contribution in [0.1, 0.15) is 0 Å². The molecule has 0 aromatic carbocycles. The molecule has 0 aliphatic rings. The standard InChI is InChI=1S/C5H11NO3/c1-6(2-3-7)4-5(8)9/h7H,2-4H2,1H3,(H,8,9)/p-1. The number of carboxylic acid groups (broad SMARTS) is 1. The monoisotopic (exact) mass is 132 g/mol. The van der Waals surface area contributed by atoms with Gasteiger partial charge in [0.25, 0.3) is 0 Å². The van der Waals surface area contributed by atoms with Crippen molar-refractivity contribution in [3.05, 3.63) is 0 Å². The van der Waals surface area contributed by atoms with Gasteiger partial charge in [-0.25, -0.2) is 0 Å². The number of carboxylic acids is 1. The van der Waals surface area contributed by atoms with E-state index >= 15 is 0 Å². The highest BCUT2D eigenvalue weighted by Crippen LogP contribution is 1.76. The van der Waals surface area contributed by atoms with Crippen molar-refractivity contribution < 1.29 is 15.0 Å². The first-order valence-corrected chi connectivity index (χ1v) is 2.66. The quantitative estimate of drug-likeness (QED) is 0.465. The zero-order valence-corrected chi connectivity index (χ0v) is 5.33. The number of hydrogen-bond acceptors (Lipinski definition) is 4. The normalized spacial score (nSPS) is 10.1. The van der Waals surface area contributed by atoms with E-state index in [-0.39, 0.29) is 13.2 Å². The second-order valence-corrected chi connectivity index (χ2v) is 1.83. The van der Waals surface area contributed by atoms with Gasteiger partial charge in [0.15, 0.2) is 0 Å². The van der Waals surface area contributed by atoms with Crippen LogP contribution >= 0.6 is 0 Å². The fourth-order valence-electron chi connectivity index (χ4n) is 0.470. The maximum atomic E-state index is 9.85. The van der Waals surface area contributed by atoms with Crippen LogP contribution in [0.15, 0.2) is 0 Å². The lowest BCUT2D eigenvalue weighted by Gasteiger charge is -2.14. The van der Waals surface area contributed by atoms with Crippen LogP contribution in [0.4, 0.5) is 0 Å². The summed E-state index contributed by atoms with van der Waals surface area (Å²) in [4.78, 5) is 11.3. The second-order valence-electron chi connectivity index (χ2n) is 1.83. The number of aliphatic hydroxyl groups is 1. The fraction of sp³-hybridized carbons (Fsp3) is 0.800. The smallest absolute Gasteiger partial charge is 0.0558 e. The van der Waals surface area contributed by atoms with Crippen LogP contribution < -0.4 is 5.11 Å². The summed E-state index contributed by atoms with van der Waals surface area (Å²) in [5.74, 6) is -1.12. The van der Waals surface area contributed by atoms with E-state index < -0.39 is 5.97 Å². The molecule has 0 aromatic rings. The molecule has 0 spiro atoms. The minimum absolute atomic E-state index is 0.0240. The van der Waals surface area contributed by atoms with Crippen molar-refractivity contribution in [1.29, 1.82) is 0 Å². The van der Waals surface area contributed by atoms with Crippen LogP contribution in [0.3, 0.4) is 0 Å². The van der Waals surface area contributed by atoms with Gasteiger partial charge in [-0.1, -0.05) is 0 Å². The molecule has 0 fully saturated rings. The molecule has 4 nitrogen and oxygen atoms in total. The minimum Gasteiger partial charge on any atom is -0.549 e. The van der Waals surface area contributed by atoms with Gasteiger partial charge in [-0.2, -0.15) is 0 Å². The van der Waals surface area contributed by atoms with Gasteiger partial charge in [-0.3, -0.25) is 4.90 Å². The van der Waals surface area contributed by atoms with Crippen LogP contribution in [-0.4, -0.2) is 42.7 Å². The zero-order valence-electron chi connectivity index (χ0n) is 5.33. The van der Waals surface area contributed by atoms with Crippen LogP contribution in [0.25, 0.3) is 0 Å². The van der Waals surface area contributed by atoms with E-state index in [2.05, 4.69) is 0 Å². The number of likely N-dealkylation sites (N-methyl/N-ethyl adjacent to an activating group) is 1. The summed E-state index contributed by atoms with van der Waals surface area (Å²) >= 11 is 0. The third-order valence-corrected chi connectivity index (χ3v) is 0.881. The predicted octanol–water partition coefficient (Wildman–Crippen LogP) is -2.34. The Morgan fingerprint density at radius 2 is 2.33 bits per heavy atom. The van der Waals surface area contributed by atoms with Crippen molar-refractivity contribution in [1.82, 2.24) is 4.90 Å². The lowest BCUT2D eigenvalue weighted by atomic mass is 10.5. The first-order chi connectivity index (χ1) is 4.16. The Labute approximate surface area is 53.7 Å². The predicted molar refractivity (Wildman–Crippen MR) is 29.6 cm³/mol. The second kappa shape index (κ2) is 4.29. The van der Waals surface area contributed by atoms with Gasteiger partial charge in [0, 0.05) is 13.1 Å². The van der Waals surface area contributed by atoms with Crippen LogP contribution in [0.5, 0.6) is 0 Å². The molecule has 1 N–H and O–H groups in total. The molecule has 0 unspecified atom stereocenters. The highest BCUT2D eigenvalue weighted by Gasteiger charge is 1.94. The molecule has 0 aliphatic heterocycles. The number of aliphatic carboxylic acids is 1. The largest absolute Gasteiger partial charge is 0.549 e. The Morgan fingerprint density at radius 1 is 1.78 bits per heavy atom. The average Bonchev–Trinajstić information content (AvgIpc) is 1.63. The van der Waals surface area contributed by atoms with Crippen LogP contribution in [-0.2, 0) is 4.79 Å². The third kappa shape index (κ3) is 5.26. The van der Waals surface area contributed by atoms with E-state index in [0.717, 1.165) is 0 Å². The molecule has 9 heavy (non-hydrogen) atoms. The number of nitrogens with zero attached hydrogens (tertiary/aromatic N) is 1. The third-order valence-electron chi connectivity index (χ3n) is 0.881. The highest BCUT2D eigenvalue weighted by molar-refractivity contribution is 5.66. The van der Waals surface area contributed by atoms with Crippen LogP contribution in [0, 0.1) is 0 Å². The van der Waals surface area contributed by atoms with Crippen molar-refractivity contribution in [3.8, 4) is 0 Å². The van der Waals surface area contributed by atoms with Crippen molar-refractivity contribution in [3.63, 3.8) is 0 Å². The Hall–Kier alpha value is -0.610. The lowest BCUT2D eigenvalue weighted by Crippen LogP contribution is -2.37. The lowest BCUT2D eigenvalue weighted by molar-refractivity contribution is -0.306. The Bertz CT molecular complexity index is 94.2. The molecule has 0 bridgehead atoms. The fourth-order valence-corrected chi connectivity index (χ4v) is 0.470. The van der Waals surface area contributed by atoms with Gasteiger partial charge in [0.2, 0.25) is 0 Å². The average molecular weight is 132 g/mol. The van der Waals surface area contributed by atoms with Crippen molar-refractivity contribution in [2.45, 2.75) is 0 Å². The topological polar surface area (TPSA) is 63.6 Å². The van der Waals surface area contributed by atoms with Gasteiger partial charge in [0.05, 0.1) is 12.6 Å². The summed E-state index contributed by atoms with van der Waals surface area (Å²) in [6.45, 7) is 0.221. The summed E-state index contributed by atoms with van der Waals surface area (Å²) < 4.78 is 0. The minimum atomic E-state index is -1.12. The van der Waals surface area contributed by atoms with Gasteiger partial charge in [0.1, 0.15) is 0 Å². The number of carbonyl (C=O) groups is 1. The molecule has 54 valence electrons. The summed E-state index contributed by atoms with van der Waals surface area (Å²) in [6.07, 6.45) is 0. The molecule has 0 aromatic heterocycles. The van der Waals surface area contributed by atoms with E-state index in [9.17, 15) is 9.90 Å². The molecule has 0 radical (unpaired) electrons. The van der Waals surface area contributed by atoms with Gasteiger partial charge < -0.3 is 15.0 Å². The molecule has 4 heteroatoms. The van der Waals surface area contributed by atoms with E-state index in [1.54, 1.807) is 7.05 Å². The summed E-state index contributed by atoms with van der Waals surface area (Å²) in [7, 11) is 1.60. The van der Waals surface area contributed by atoms with E-state index in [1.807, 2.05) is 0 Å². The Balaban J connectivity index is 3.26. The molecule has 0 saturated heterocycles. The number of rotatable bonds is 4. The molecular formula is C5H10NO3-. The maximum absolute atomic E-state index is 9.85. The first kappa shape index (κ1) is 8.39. The van der Waals surface area contributed by atoms with E-state index in [1.165, 1.54) is 4.90 Å². The van der Waals surface area contributed by atoms with Gasteiger partial charge >= 0.3 is 0 Å². The summed E-state index contributed by atoms with van der Waals surface area (Å²) in [5.41, 5.74) is 0. The number of aliphatic hydroxyl groups excluding tert-OH is 1. The van der Waals surface area contributed by atoms with Gasteiger partial charge in [-0.05, 0) is 7.05 Å². The van der Waals surface area contributed by atoms with E-state index in [4.69, 9.17) is 5.11 Å². The zero-order chi connectivity index (χ0) is 7.28. The summed E-state index contributed by atoms with van der Waals surface area (Å²) in [5, 5.41) is 18.1. The molecule has 0 amide bonds. The first-order valence-electron chi connectivity index (χ1n) is 2.66. The van der Waals surface area contributed by atoms with Crippen molar-refractivity contribution in [2.75, 3.05) is 26.7 Å². The molecule has 0 heterocycles. The highest BCUT2D eigenvalue weighted by atomic mass is 16.4. The molecule has 0 rings (SSSR count). The summed E-state index contributed by atoms with van der Waals surface area (Å²) in [6, 6.07) is 0. The van der Waals surface area contributed by atoms with Crippen LogP contribution in [0.2, 0.25) is 0 Å². The number of carbonyl (C=O) groups excluding carboxylic acids is 1. The van der Waals surface area contributed by atoms with Crippen molar-refractivity contribution >= 4 is 5.97 Å². The molecule has 0 atom stereocenters. The molecule has 0 saturated carbocycles. The van der Waals surface area contributed by atoms with E-state index in [0.29, 0.717) is 6.54 Å².